The summed E-state index contributed by atoms with van der Waals surface area (Å²) in [6.07, 6.45) is 9.63. The highest BCUT2D eigenvalue weighted by molar-refractivity contribution is 7.98. The first-order valence-electron chi connectivity index (χ1n) is 22.1. The van der Waals surface area contributed by atoms with Crippen molar-refractivity contribution in [3.05, 3.63) is 96.1 Å². The molecular weight excluding hydrogens is 876 g/mol. The van der Waals surface area contributed by atoms with Crippen molar-refractivity contribution < 1.29 is 37.0 Å². The molecule has 2 atom stereocenters. The van der Waals surface area contributed by atoms with E-state index in [-0.39, 0.29) is 34.0 Å². The van der Waals surface area contributed by atoms with E-state index in [1.165, 1.54) is 36.8 Å². The van der Waals surface area contributed by atoms with E-state index in [0.717, 1.165) is 57.9 Å². The number of rotatable bonds is 20. The third-order valence-corrected chi connectivity index (χ3v) is 12.6. The zero-order valence-electron chi connectivity index (χ0n) is 38.2. The average molecular weight is 942 g/mol. The SMILES string of the molecule is CCOC(=O)C(CC(C)C)c1ccc(OCC2CC2)c(-c2ccc(S(C)(=O)=O)cc2)c1.CCOC(=O)C(CC(C)C)c1ccc(OCC2CC2)c(-c2ccc(SC)cc2)c1.ClCCl. The molecule has 63 heavy (non-hydrogen) atoms. The summed E-state index contributed by atoms with van der Waals surface area (Å²) in [4.78, 5) is 26.8. The number of carbonyl (C=O) groups excluding carboxylic acids is 2. The number of thioether (sulfide) groups is 1. The van der Waals surface area contributed by atoms with Crippen LogP contribution >= 0.6 is 35.0 Å². The van der Waals surface area contributed by atoms with E-state index < -0.39 is 9.84 Å². The molecule has 0 N–H and O–H groups in total. The van der Waals surface area contributed by atoms with Gasteiger partial charge in [-0.2, -0.15) is 0 Å². The number of halogens is 2. The molecule has 0 bridgehead atoms. The Hall–Kier alpha value is -3.70. The number of carbonyl (C=O) groups is 2. The molecule has 4 aromatic rings. The van der Waals surface area contributed by atoms with E-state index in [1.54, 1.807) is 36.0 Å². The molecule has 0 aromatic heterocycles. The van der Waals surface area contributed by atoms with Gasteiger partial charge in [0.1, 0.15) is 11.5 Å². The first kappa shape index (κ1) is 51.9. The summed E-state index contributed by atoms with van der Waals surface area (Å²) in [5, 5.41) is 0.194. The number of hydrogen-bond donors (Lipinski definition) is 0. The Balaban J connectivity index is 0.000000261. The summed E-state index contributed by atoms with van der Waals surface area (Å²) in [5.41, 5.74) is 5.76. The van der Waals surface area contributed by atoms with Crippen LogP contribution in [0.3, 0.4) is 0 Å². The largest absolute Gasteiger partial charge is 0.493 e. The van der Waals surface area contributed by atoms with Crippen LogP contribution in [-0.4, -0.2) is 64.6 Å². The summed E-state index contributed by atoms with van der Waals surface area (Å²) < 4.78 is 46.7. The Morgan fingerprint density at radius 3 is 1.35 bits per heavy atom. The molecule has 2 unspecified atom stereocenters. The second kappa shape index (κ2) is 25.7. The van der Waals surface area contributed by atoms with Crippen molar-refractivity contribution in [2.45, 2.75) is 102 Å². The molecule has 2 saturated carbocycles. The summed E-state index contributed by atoms with van der Waals surface area (Å²) in [5.74, 6) is 2.70. The molecule has 0 amide bonds. The first-order chi connectivity index (χ1) is 30.1. The van der Waals surface area contributed by atoms with Gasteiger partial charge in [0, 0.05) is 22.3 Å². The molecule has 12 heteroatoms. The Labute approximate surface area is 391 Å². The summed E-state index contributed by atoms with van der Waals surface area (Å²) >= 11 is 11.3. The molecule has 0 aliphatic heterocycles. The van der Waals surface area contributed by atoms with Crippen LogP contribution in [0, 0.1) is 23.7 Å². The molecule has 8 nitrogen and oxygen atoms in total. The Kier molecular flexibility index (Phi) is 21.2. The molecule has 2 aliphatic rings. The molecule has 0 spiro atoms. The van der Waals surface area contributed by atoms with Gasteiger partial charge < -0.3 is 18.9 Å². The number of ether oxygens (including phenoxy) is 4. The van der Waals surface area contributed by atoms with Crippen LogP contribution in [0.15, 0.2) is 94.7 Å². The van der Waals surface area contributed by atoms with Crippen molar-refractivity contribution in [1.82, 2.24) is 0 Å². The quantitative estimate of drug-likeness (QED) is 0.0486. The monoisotopic (exact) mass is 940 g/mol. The predicted molar refractivity (Wildman–Crippen MR) is 259 cm³/mol. The van der Waals surface area contributed by atoms with Crippen LogP contribution < -0.4 is 9.47 Å². The number of benzene rings is 4. The fraction of sp³-hybridized carbons (Fsp3) is 0.490. The fourth-order valence-electron chi connectivity index (χ4n) is 7.03. The van der Waals surface area contributed by atoms with Crippen molar-refractivity contribution in [2.24, 2.45) is 23.7 Å². The molecular formula is C51H66Cl2O8S2. The number of alkyl halides is 2. The summed E-state index contributed by atoms with van der Waals surface area (Å²) in [7, 11) is -3.27. The van der Waals surface area contributed by atoms with Gasteiger partial charge in [-0.05, 0) is 153 Å². The number of hydrogen-bond acceptors (Lipinski definition) is 9. The normalized spacial score (nSPS) is 14.4. The van der Waals surface area contributed by atoms with Crippen LogP contribution in [0.1, 0.15) is 103 Å². The lowest BCUT2D eigenvalue weighted by molar-refractivity contribution is -0.146. The van der Waals surface area contributed by atoms with Crippen LogP contribution in [0.25, 0.3) is 22.3 Å². The van der Waals surface area contributed by atoms with E-state index in [2.05, 4.69) is 64.3 Å². The highest BCUT2D eigenvalue weighted by Gasteiger charge is 2.28. The second-order valence-corrected chi connectivity index (χ2v) is 20.7. The zero-order valence-corrected chi connectivity index (χ0v) is 41.3. The summed E-state index contributed by atoms with van der Waals surface area (Å²) in [6.45, 7) is 14.3. The highest BCUT2D eigenvalue weighted by atomic mass is 35.5. The standard InChI is InChI=1S/C25H32O5S.C25H32O3S.CH2Cl2/c1-5-29-25(26)23(14-17(2)3)20-10-13-24(30-16-18-6-7-18)22(15-20)19-8-11-21(12-9-19)31(4,27)28;1-5-27-25(26)23(14-17(2)3)20-10-13-24(28-16-18-6-7-18)22(15-20)19-8-11-21(29-4)12-9-19;2-1-3/h8-13,15,17-18,23H,5-7,14,16H2,1-4H3;8-13,15,17-18,23H,5-7,14,16H2,1-4H3;1H2. The third-order valence-electron chi connectivity index (χ3n) is 10.7. The van der Waals surface area contributed by atoms with E-state index in [9.17, 15) is 18.0 Å². The van der Waals surface area contributed by atoms with Gasteiger partial charge >= 0.3 is 11.9 Å². The summed E-state index contributed by atoms with van der Waals surface area (Å²) in [6, 6.07) is 27.4. The molecule has 2 aliphatic carbocycles. The molecule has 0 heterocycles. The fourth-order valence-corrected chi connectivity index (χ4v) is 8.07. The van der Waals surface area contributed by atoms with E-state index in [0.29, 0.717) is 49.9 Å². The van der Waals surface area contributed by atoms with Gasteiger partial charge in [-0.3, -0.25) is 9.59 Å². The molecule has 0 radical (unpaired) electrons. The Bertz CT molecular complexity index is 2150. The van der Waals surface area contributed by atoms with E-state index in [1.807, 2.05) is 44.2 Å². The van der Waals surface area contributed by atoms with Crippen LogP contribution in [0.4, 0.5) is 0 Å². The minimum absolute atomic E-state index is 0.142. The van der Waals surface area contributed by atoms with Crippen molar-refractivity contribution in [3.8, 4) is 33.8 Å². The van der Waals surface area contributed by atoms with Gasteiger partial charge in [0.2, 0.25) is 0 Å². The van der Waals surface area contributed by atoms with Gasteiger partial charge in [-0.25, -0.2) is 8.42 Å². The van der Waals surface area contributed by atoms with Crippen LogP contribution in [0.2, 0.25) is 0 Å². The minimum Gasteiger partial charge on any atom is -0.493 e. The van der Waals surface area contributed by atoms with Crippen molar-refractivity contribution >= 4 is 56.7 Å². The number of sulfone groups is 1. The average Bonchev–Trinajstić information content (AvgIpc) is 4.21. The van der Waals surface area contributed by atoms with Gasteiger partial charge in [0.15, 0.2) is 9.84 Å². The topological polar surface area (TPSA) is 105 Å². The van der Waals surface area contributed by atoms with Gasteiger partial charge in [0.05, 0.1) is 48.5 Å². The van der Waals surface area contributed by atoms with Crippen molar-refractivity contribution in [1.29, 1.82) is 0 Å². The Morgan fingerprint density at radius 2 is 1.03 bits per heavy atom. The van der Waals surface area contributed by atoms with Gasteiger partial charge in [0.25, 0.3) is 0 Å². The lowest BCUT2D eigenvalue weighted by Crippen LogP contribution is -2.18. The predicted octanol–water partition coefficient (Wildman–Crippen LogP) is 13.2. The maximum absolute atomic E-state index is 12.7. The Morgan fingerprint density at radius 1 is 0.651 bits per heavy atom. The maximum Gasteiger partial charge on any atom is 0.313 e. The minimum atomic E-state index is -3.27. The highest BCUT2D eigenvalue weighted by Crippen LogP contribution is 2.40. The smallest absolute Gasteiger partial charge is 0.313 e. The molecule has 2 fully saturated rings. The number of esters is 2. The zero-order chi connectivity index (χ0) is 46.1. The van der Waals surface area contributed by atoms with Gasteiger partial charge in [-0.15, -0.1) is 35.0 Å². The third kappa shape index (κ3) is 17.0. The van der Waals surface area contributed by atoms with Gasteiger partial charge in [-0.1, -0.05) is 64.1 Å². The molecule has 0 saturated heterocycles. The van der Waals surface area contributed by atoms with E-state index in [4.69, 9.17) is 42.1 Å². The molecule has 344 valence electrons. The molecule has 4 aromatic carbocycles. The maximum atomic E-state index is 12.7. The lowest BCUT2D eigenvalue weighted by Gasteiger charge is -2.20. The van der Waals surface area contributed by atoms with Crippen LogP contribution in [0.5, 0.6) is 11.5 Å². The van der Waals surface area contributed by atoms with Crippen LogP contribution in [-0.2, 0) is 28.9 Å². The van der Waals surface area contributed by atoms with Crippen molar-refractivity contribution in [2.75, 3.05) is 44.3 Å². The molecule has 6 rings (SSSR count). The first-order valence-corrected chi connectivity index (χ1v) is 26.2. The van der Waals surface area contributed by atoms with Crippen molar-refractivity contribution in [3.63, 3.8) is 0 Å². The van der Waals surface area contributed by atoms with E-state index >= 15 is 0 Å². The lowest BCUT2D eigenvalue weighted by atomic mass is 9.88. The second-order valence-electron chi connectivity index (χ2n) is 17.0.